The molecular weight excluding hydrogens is 453 g/mol. The molecule has 1 saturated heterocycles. The van der Waals surface area contributed by atoms with Crippen molar-refractivity contribution in [1.82, 2.24) is 4.90 Å². The zero-order chi connectivity index (χ0) is 19.0. The molecule has 0 spiro atoms. The summed E-state index contributed by atoms with van der Waals surface area (Å²) in [5.74, 6) is -0.0411. The van der Waals surface area contributed by atoms with Crippen LogP contribution in [0.1, 0.15) is 19.4 Å². The first kappa shape index (κ1) is 18.6. The smallest absolute Gasteiger partial charge is 0.278 e. The predicted octanol–water partition coefficient (Wildman–Crippen LogP) is 3.83. The summed E-state index contributed by atoms with van der Waals surface area (Å²) in [4.78, 5) is 22.1. The Morgan fingerprint density at radius 2 is 1.74 bits per heavy atom. The minimum Gasteiger partial charge on any atom is -0.378 e. The van der Waals surface area contributed by atoms with E-state index in [1.807, 2.05) is 53.4 Å². The van der Waals surface area contributed by atoms with Crippen molar-refractivity contribution in [3.63, 3.8) is 0 Å². The number of carbonyl (C=O) groups is 1. The van der Waals surface area contributed by atoms with E-state index in [0.29, 0.717) is 25.6 Å². The lowest BCUT2D eigenvalue weighted by Gasteiger charge is -2.40. The van der Waals surface area contributed by atoms with Crippen molar-refractivity contribution < 1.29 is 9.53 Å². The van der Waals surface area contributed by atoms with E-state index in [0.717, 1.165) is 20.5 Å². The molecule has 0 radical (unpaired) electrons. The third kappa shape index (κ3) is 3.66. The topological polar surface area (TPSA) is 45.1 Å². The van der Waals surface area contributed by atoms with Crippen LogP contribution in [0.15, 0.2) is 53.5 Å². The van der Waals surface area contributed by atoms with Crippen molar-refractivity contribution in [3.05, 3.63) is 57.7 Å². The lowest BCUT2D eigenvalue weighted by atomic mass is 10.1. The predicted molar refractivity (Wildman–Crippen MR) is 116 cm³/mol. The van der Waals surface area contributed by atoms with Gasteiger partial charge in [-0.25, -0.2) is 4.99 Å². The number of para-hydroxylation sites is 1. The number of hydrogen-bond acceptors (Lipinski definition) is 4. The number of benzene rings is 2. The van der Waals surface area contributed by atoms with Gasteiger partial charge in [0, 0.05) is 21.2 Å². The van der Waals surface area contributed by atoms with Gasteiger partial charge in [0.1, 0.15) is 5.71 Å². The summed E-state index contributed by atoms with van der Waals surface area (Å²) in [6.07, 6.45) is 0. The molecule has 5 nitrogen and oxygen atoms in total. The average Bonchev–Trinajstić information content (AvgIpc) is 2.92. The SMILES string of the molecule is CC1COCC(C)N1CN1C(=O)C(=Nc2ccc(I)cc2)c2ccccc21. The van der Waals surface area contributed by atoms with Crippen LogP contribution in [-0.4, -0.2) is 48.5 Å². The molecular formula is C21H22IN3O2. The highest BCUT2D eigenvalue weighted by molar-refractivity contribution is 14.1. The Morgan fingerprint density at radius 1 is 1.07 bits per heavy atom. The number of carbonyl (C=O) groups excluding carboxylic acids is 1. The minimum atomic E-state index is -0.0411. The van der Waals surface area contributed by atoms with Crippen molar-refractivity contribution in [3.8, 4) is 0 Å². The monoisotopic (exact) mass is 475 g/mol. The molecule has 6 heteroatoms. The third-order valence-corrected chi connectivity index (χ3v) is 5.84. The van der Waals surface area contributed by atoms with Crippen LogP contribution in [0.5, 0.6) is 0 Å². The van der Waals surface area contributed by atoms with Crippen LogP contribution in [0.2, 0.25) is 0 Å². The molecule has 2 atom stereocenters. The standard InChI is InChI=1S/C21H22IN3O2/c1-14-11-27-12-15(2)24(14)13-25-19-6-4-3-5-18(19)20(21(25)26)23-17-9-7-16(22)8-10-17/h3-10,14-15H,11-13H2,1-2H3. The van der Waals surface area contributed by atoms with Gasteiger partial charge in [0.2, 0.25) is 0 Å². The zero-order valence-electron chi connectivity index (χ0n) is 15.4. The molecule has 1 amide bonds. The molecule has 2 aliphatic heterocycles. The first-order chi connectivity index (χ1) is 13.0. The summed E-state index contributed by atoms with van der Waals surface area (Å²) < 4.78 is 6.77. The van der Waals surface area contributed by atoms with Gasteiger partial charge in [-0.05, 0) is 66.8 Å². The Labute approximate surface area is 173 Å². The van der Waals surface area contributed by atoms with Crippen LogP contribution in [0, 0.1) is 3.57 Å². The Balaban J connectivity index is 1.68. The van der Waals surface area contributed by atoms with Crippen LogP contribution in [0.25, 0.3) is 0 Å². The van der Waals surface area contributed by atoms with E-state index in [1.165, 1.54) is 0 Å². The first-order valence-electron chi connectivity index (χ1n) is 9.13. The van der Waals surface area contributed by atoms with Crippen molar-refractivity contribution in [2.75, 3.05) is 24.8 Å². The summed E-state index contributed by atoms with van der Waals surface area (Å²) in [6, 6.07) is 16.3. The largest absolute Gasteiger partial charge is 0.378 e. The molecule has 140 valence electrons. The van der Waals surface area contributed by atoms with Gasteiger partial charge in [-0.1, -0.05) is 18.2 Å². The van der Waals surface area contributed by atoms with Crippen molar-refractivity contribution in [1.29, 1.82) is 0 Å². The Bertz CT molecular complexity index is 871. The van der Waals surface area contributed by atoms with E-state index >= 15 is 0 Å². The number of nitrogens with zero attached hydrogens (tertiary/aromatic N) is 3. The molecule has 0 bridgehead atoms. The number of ether oxygens (including phenoxy) is 1. The highest BCUT2D eigenvalue weighted by atomic mass is 127. The molecule has 0 aliphatic carbocycles. The molecule has 1 fully saturated rings. The highest BCUT2D eigenvalue weighted by Gasteiger charge is 2.37. The fraction of sp³-hybridized carbons (Fsp3) is 0.333. The second-order valence-corrected chi connectivity index (χ2v) is 8.32. The Hall–Kier alpha value is -1.77. The maximum atomic E-state index is 13.3. The number of hydrogen-bond donors (Lipinski definition) is 0. The molecule has 4 rings (SSSR count). The Kier molecular flexibility index (Phi) is 5.29. The van der Waals surface area contributed by atoms with Gasteiger partial charge >= 0.3 is 0 Å². The molecule has 2 aromatic carbocycles. The van der Waals surface area contributed by atoms with Gasteiger partial charge in [-0.15, -0.1) is 0 Å². The van der Waals surface area contributed by atoms with Crippen LogP contribution in [-0.2, 0) is 9.53 Å². The van der Waals surface area contributed by atoms with E-state index in [-0.39, 0.29) is 18.0 Å². The summed E-state index contributed by atoms with van der Waals surface area (Å²) in [6.45, 7) is 6.22. The molecule has 0 aromatic heterocycles. The lowest BCUT2D eigenvalue weighted by molar-refractivity contribution is -0.113. The van der Waals surface area contributed by atoms with Gasteiger partial charge in [-0.2, -0.15) is 0 Å². The molecule has 0 saturated carbocycles. The number of rotatable bonds is 3. The second kappa shape index (κ2) is 7.69. The fourth-order valence-electron chi connectivity index (χ4n) is 3.63. The third-order valence-electron chi connectivity index (χ3n) is 5.12. The number of amides is 1. The van der Waals surface area contributed by atoms with E-state index in [1.54, 1.807) is 0 Å². The van der Waals surface area contributed by atoms with Gasteiger partial charge in [0.25, 0.3) is 5.91 Å². The molecule has 2 heterocycles. The van der Waals surface area contributed by atoms with E-state index in [9.17, 15) is 4.79 Å². The average molecular weight is 475 g/mol. The molecule has 27 heavy (non-hydrogen) atoms. The normalized spacial score (nSPS) is 24.5. The summed E-state index contributed by atoms with van der Waals surface area (Å²) in [5.41, 5.74) is 3.14. The molecule has 2 aliphatic rings. The van der Waals surface area contributed by atoms with Crippen molar-refractivity contribution >= 4 is 45.6 Å². The second-order valence-electron chi connectivity index (χ2n) is 7.08. The first-order valence-corrected chi connectivity index (χ1v) is 10.2. The van der Waals surface area contributed by atoms with Gasteiger partial charge in [-0.3, -0.25) is 14.6 Å². The van der Waals surface area contributed by atoms with Gasteiger partial charge < -0.3 is 4.74 Å². The maximum Gasteiger partial charge on any atom is 0.278 e. The quantitative estimate of drug-likeness (QED) is 0.635. The highest BCUT2D eigenvalue weighted by Crippen LogP contribution is 2.32. The van der Waals surface area contributed by atoms with Crippen LogP contribution in [0.3, 0.4) is 0 Å². The van der Waals surface area contributed by atoms with Gasteiger partial charge in [0.15, 0.2) is 0 Å². The summed E-state index contributed by atoms with van der Waals surface area (Å²) in [7, 11) is 0. The molecule has 2 unspecified atom stereocenters. The number of fused-ring (bicyclic) bond motifs is 1. The fourth-order valence-corrected chi connectivity index (χ4v) is 3.99. The van der Waals surface area contributed by atoms with Crippen LogP contribution in [0.4, 0.5) is 11.4 Å². The molecule has 0 N–H and O–H groups in total. The minimum absolute atomic E-state index is 0.0411. The van der Waals surface area contributed by atoms with Gasteiger partial charge in [0.05, 0.1) is 31.3 Å². The number of halogens is 1. The number of morpholine rings is 1. The number of anilines is 1. The lowest BCUT2D eigenvalue weighted by Crippen LogP contribution is -2.54. The van der Waals surface area contributed by atoms with E-state index in [2.05, 4.69) is 46.3 Å². The molecule has 2 aromatic rings. The van der Waals surface area contributed by atoms with E-state index < -0.39 is 0 Å². The maximum absolute atomic E-state index is 13.3. The Morgan fingerprint density at radius 3 is 2.44 bits per heavy atom. The van der Waals surface area contributed by atoms with E-state index in [4.69, 9.17) is 4.74 Å². The zero-order valence-corrected chi connectivity index (χ0v) is 17.6. The summed E-state index contributed by atoms with van der Waals surface area (Å²) in [5, 5.41) is 0. The van der Waals surface area contributed by atoms with Crippen LogP contribution < -0.4 is 4.90 Å². The summed E-state index contributed by atoms with van der Waals surface area (Å²) >= 11 is 2.26. The number of aliphatic imine (C=N–C) groups is 1. The van der Waals surface area contributed by atoms with Crippen LogP contribution >= 0.6 is 22.6 Å². The van der Waals surface area contributed by atoms with Crippen molar-refractivity contribution in [2.24, 2.45) is 4.99 Å². The van der Waals surface area contributed by atoms with Crippen molar-refractivity contribution in [2.45, 2.75) is 25.9 Å².